The molecule has 1 aliphatic heterocycles. The van der Waals surface area contributed by atoms with Gasteiger partial charge in [0.05, 0.1) is 20.3 Å². The van der Waals surface area contributed by atoms with Crippen LogP contribution in [0.4, 0.5) is 4.39 Å². The Morgan fingerprint density at radius 1 is 1.23 bits per heavy atom. The van der Waals surface area contributed by atoms with Crippen molar-refractivity contribution in [3.8, 4) is 5.75 Å². The van der Waals surface area contributed by atoms with Crippen LogP contribution in [0, 0.1) is 5.82 Å². The molecule has 1 aromatic rings. The number of benzene rings is 1. The van der Waals surface area contributed by atoms with E-state index in [9.17, 15) is 9.18 Å². The Labute approximate surface area is 130 Å². The molecule has 0 unspecified atom stereocenters. The first-order valence-electron chi connectivity index (χ1n) is 7.55. The first-order valence-corrected chi connectivity index (χ1v) is 7.55. The normalized spacial score (nSPS) is 16.5. The monoisotopic (exact) mass is 310 g/mol. The number of halogens is 1. The number of esters is 1. The molecule has 0 aromatic heterocycles. The Bertz CT molecular complexity index is 502. The first-order chi connectivity index (χ1) is 10.6. The summed E-state index contributed by atoms with van der Waals surface area (Å²) in [5, 5.41) is 0. The van der Waals surface area contributed by atoms with Crippen molar-refractivity contribution in [2.24, 2.45) is 0 Å². The number of rotatable bonds is 6. The van der Waals surface area contributed by atoms with Gasteiger partial charge in [-0.1, -0.05) is 6.07 Å². The highest BCUT2D eigenvalue weighted by atomic mass is 19.1. The Morgan fingerprint density at radius 2 is 1.91 bits per heavy atom. The zero-order valence-electron chi connectivity index (χ0n) is 13.2. The molecule has 0 N–H and O–H groups in total. The second-order valence-electron chi connectivity index (χ2n) is 5.33. The Kier molecular flexibility index (Phi) is 6.15. The van der Waals surface area contributed by atoms with Crippen LogP contribution in [0.1, 0.15) is 12.5 Å². The van der Waals surface area contributed by atoms with Gasteiger partial charge in [-0.05, 0) is 24.6 Å². The van der Waals surface area contributed by atoms with Crippen molar-refractivity contribution in [2.75, 3.05) is 46.4 Å². The molecule has 0 amide bonds. The highest BCUT2D eigenvalue weighted by molar-refractivity contribution is 5.71. The summed E-state index contributed by atoms with van der Waals surface area (Å²) in [7, 11) is 1.46. The van der Waals surface area contributed by atoms with Crippen LogP contribution in [0.3, 0.4) is 0 Å². The minimum Gasteiger partial charge on any atom is -0.494 e. The second kappa shape index (κ2) is 8.10. The fourth-order valence-corrected chi connectivity index (χ4v) is 2.56. The predicted molar refractivity (Wildman–Crippen MR) is 81.3 cm³/mol. The van der Waals surface area contributed by atoms with Gasteiger partial charge in [0, 0.05) is 32.7 Å². The smallest absolute Gasteiger partial charge is 0.320 e. The number of carbonyl (C=O) groups excluding carboxylic acids is 1. The molecule has 1 aromatic carbocycles. The SMILES string of the molecule is CCOC(=O)CN1CCN(Cc2ccc(OC)c(F)c2)CC1. The fourth-order valence-electron chi connectivity index (χ4n) is 2.56. The van der Waals surface area contributed by atoms with E-state index in [1.807, 2.05) is 13.0 Å². The maximum absolute atomic E-state index is 13.7. The van der Waals surface area contributed by atoms with Gasteiger partial charge in [0.1, 0.15) is 0 Å². The molecule has 122 valence electrons. The zero-order valence-corrected chi connectivity index (χ0v) is 13.2. The van der Waals surface area contributed by atoms with Crippen LogP contribution in [-0.4, -0.2) is 62.2 Å². The summed E-state index contributed by atoms with van der Waals surface area (Å²) in [6.45, 7) is 6.62. The van der Waals surface area contributed by atoms with Crippen molar-refractivity contribution in [3.05, 3.63) is 29.6 Å². The van der Waals surface area contributed by atoms with Gasteiger partial charge in [-0.2, -0.15) is 0 Å². The molecule has 0 saturated carbocycles. The van der Waals surface area contributed by atoms with Crippen LogP contribution >= 0.6 is 0 Å². The highest BCUT2D eigenvalue weighted by Gasteiger charge is 2.19. The summed E-state index contributed by atoms with van der Waals surface area (Å²) in [6.07, 6.45) is 0. The van der Waals surface area contributed by atoms with Gasteiger partial charge >= 0.3 is 5.97 Å². The van der Waals surface area contributed by atoms with E-state index in [1.165, 1.54) is 13.2 Å². The lowest BCUT2D eigenvalue weighted by molar-refractivity contribution is -0.144. The Balaban J connectivity index is 1.80. The van der Waals surface area contributed by atoms with Crippen molar-refractivity contribution >= 4 is 5.97 Å². The van der Waals surface area contributed by atoms with E-state index in [4.69, 9.17) is 9.47 Å². The summed E-state index contributed by atoms with van der Waals surface area (Å²) in [5.74, 6) is -0.239. The summed E-state index contributed by atoms with van der Waals surface area (Å²) in [5.41, 5.74) is 0.928. The third kappa shape index (κ3) is 4.68. The van der Waals surface area contributed by atoms with Gasteiger partial charge in [0.25, 0.3) is 0 Å². The van der Waals surface area contributed by atoms with Crippen LogP contribution in [-0.2, 0) is 16.1 Å². The van der Waals surface area contributed by atoms with E-state index < -0.39 is 0 Å². The molecule has 2 rings (SSSR count). The molecule has 6 heteroatoms. The standard InChI is InChI=1S/C16H23FN2O3/c1-3-22-16(20)12-19-8-6-18(7-9-19)11-13-4-5-15(21-2)14(17)10-13/h4-5,10H,3,6-9,11-12H2,1-2H3. The third-order valence-electron chi connectivity index (χ3n) is 3.75. The van der Waals surface area contributed by atoms with E-state index in [-0.39, 0.29) is 17.5 Å². The fraction of sp³-hybridized carbons (Fsp3) is 0.562. The van der Waals surface area contributed by atoms with E-state index >= 15 is 0 Å². The van der Waals surface area contributed by atoms with Gasteiger partial charge in [-0.25, -0.2) is 4.39 Å². The molecule has 0 radical (unpaired) electrons. The van der Waals surface area contributed by atoms with E-state index in [0.717, 1.165) is 31.7 Å². The maximum Gasteiger partial charge on any atom is 0.320 e. The van der Waals surface area contributed by atoms with Crippen LogP contribution in [0.5, 0.6) is 5.75 Å². The van der Waals surface area contributed by atoms with Crippen molar-refractivity contribution in [3.63, 3.8) is 0 Å². The quantitative estimate of drug-likeness (QED) is 0.745. The predicted octanol–water partition coefficient (Wildman–Crippen LogP) is 1.51. The van der Waals surface area contributed by atoms with Gasteiger partial charge in [-0.3, -0.25) is 14.6 Å². The minimum absolute atomic E-state index is 0.173. The number of hydrogen-bond acceptors (Lipinski definition) is 5. The number of piperazine rings is 1. The van der Waals surface area contributed by atoms with Crippen LogP contribution in [0.15, 0.2) is 18.2 Å². The van der Waals surface area contributed by atoms with Crippen LogP contribution in [0.2, 0.25) is 0 Å². The average molecular weight is 310 g/mol. The zero-order chi connectivity index (χ0) is 15.9. The molecule has 0 bridgehead atoms. The lowest BCUT2D eigenvalue weighted by Gasteiger charge is -2.34. The number of methoxy groups -OCH3 is 1. The average Bonchev–Trinajstić information content (AvgIpc) is 2.50. The summed E-state index contributed by atoms with van der Waals surface area (Å²) < 4.78 is 23.6. The largest absolute Gasteiger partial charge is 0.494 e. The third-order valence-corrected chi connectivity index (χ3v) is 3.75. The maximum atomic E-state index is 13.7. The summed E-state index contributed by atoms with van der Waals surface area (Å²) in [6, 6.07) is 5.05. The van der Waals surface area contributed by atoms with Crippen molar-refractivity contribution in [1.29, 1.82) is 0 Å². The molecule has 0 atom stereocenters. The van der Waals surface area contributed by atoms with Crippen LogP contribution in [0.25, 0.3) is 0 Å². The molecule has 0 spiro atoms. The molecule has 1 aliphatic rings. The molecule has 0 aliphatic carbocycles. The van der Waals surface area contributed by atoms with Crippen LogP contribution < -0.4 is 4.74 Å². The van der Waals surface area contributed by atoms with Gasteiger partial charge in [-0.15, -0.1) is 0 Å². The van der Waals surface area contributed by atoms with Crippen molar-refractivity contribution in [2.45, 2.75) is 13.5 Å². The Hall–Kier alpha value is -1.66. The highest BCUT2D eigenvalue weighted by Crippen LogP contribution is 2.19. The lowest BCUT2D eigenvalue weighted by atomic mass is 10.2. The molecule has 5 nitrogen and oxygen atoms in total. The topological polar surface area (TPSA) is 42.0 Å². The molecule has 1 heterocycles. The molecule has 22 heavy (non-hydrogen) atoms. The molecular formula is C16H23FN2O3. The molecular weight excluding hydrogens is 287 g/mol. The van der Waals surface area contributed by atoms with Crippen molar-refractivity contribution in [1.82, 2.24) is 9.80 Å². The molecule has 1 saturated heterocycles. The summed E-state index contributed by atoms with van der Waals surface area (Å²) in [4.78, 5) is 15.8. The van der Waals surface area contributed by atoms with E-state index in [2.05, 4.69) is 9.80 Å². The number of ether oxygens (including phenoxy) is 2. The van der Waals surface area contributed by atoms with Crippen molar-refractivity contribution < 1.29 is 18.7 Å². The Morgan fingerprint density at radius 3 is 2.50 bits per heavy atom. The second-order valence-corrected chi connectivity index (χ2v) is 5.33. The first kappa shape index (κ1) is 16.7. The van der Waals surface area contributed by atoms with Gasteiger partial charge < -0.3 is 9.47 Å². The number of hydrogen-bond donors (Lipinski definition) is 0. The lowest BCUT2D eigenvalue weighted by Crippen LogP contribution is -2.47. The van der Waals surface area contributed by atoms with Gasteiger partial charge in [0.2, 0.25) is 0 Å². The van der Waals surface area contributed by atoms with E-state index in [1.54, 1.807) is 6.07 Å². The van der Waals surface area contributed by atoms with Gasteiger partial charge in [0.15, 0.2) is 11.6 Å². The number of nitrogens with zero attached hydrogens (tertiary/aromatic N) is 2. The minimum atomic E-state index is -0.332. The summed E-state index contributed by atoms with van der Waals surface area (Å²) >= 11 is 0. The number of carbonyl (C=O) groups is 1. The molecule has 1 fully saturated rings. The van der Waals surface area contributed by atoms with E-state index in [0.29, 0.717) is 19.7 Å².